The Balaban J connectivity index is 2.41. The number of nitrogens with one attached hydrogen (secondary N) is 1. The minimum atomic E-state index is -0.447. The van der Waals surface area contributed by atoms with E-state index >= 15 is 0 Å². The van der Waals surface area contributed by atoms with Gasteiger partial charge >= 0.3 is 5.97 Å². The monoisotopic (exact) mass is 227 g/mol. The molecule has 0 aromatic rings. The standard InChI is InChI=1S/C12H21NO3/c1-8(14)7-9-5-6-10(13-9)11(15)16-12(2,3)4/h9-10,13H,5-7H2,1-4H3/t9-,10-/m0/s1. The molecule has 0 unspecified atom stereocenters. The number of esters is 1. The summed E-state index contributed by atoms with van der Waals surface area (Å²) in [5.41, 5.74) is -0.447. The summed E-state index contributed by atoms with van der Waals surface area (Å²) in [6.07, 6.45) is 2.12. The SMILES string of the molecule is CC(=O)C[C@@H]1CC[C@@H](C(=O)OC(C)(C)C)N1. The van der Waals surface area contributed by atoms with Crippen molar-refractivity contribution in [3.8, 4) is 0 Å². The van der Waals surface area contributed by atoms with Crippen molar-refractivity contribution in [2.24, 2.45) is 0 Å². The van der Waals surface area contributed by atoms with Crippen LogP contribution in [0.2, 0.25) is 0 Å². The maximum absolute atomic E-state index is 11.7. The van der Waals surface area contributed by atoms with Gasteiger partial charge in [0, 0.05) is 12.5 Å². The van der Waals surface area contributed by atoms with Gasteiger partial charge in [0.1, 0.15) is 17.4 Å². The first-order valence-electron chi connectivity index (χ1n) is 5.76. The lowest BCUT2D eigenvalue weighted by Gasteiger charge is -2.22. The van der Waals surface area contributed by atoms with E-state index < -0.39 is 5.60 Å². The van der Waals surface area contributed by atoms with E-state index in [4.69, 9.17) is 4.74 Å². The van der Waals surface area contributed by atoms with Crippen molar-refractivity contribution in [2.45, 2.75) is 64.6 Å². The molecule has 0 aromatic heterocycles. The molecule has 0 spiro atoms. The molecule has 1 saturated heterocycles. The van der Waals surface area contributed by atoms with Crippen LogP contribution in [0, 0.1) is 0 Å². The lowest BCUT2D eigenvalue weighted by molar-refractivity contribution is -0.157. The highest BCUT2D eigenvalue weighted by atomic mass is 16.6. The number of hydrogen-bond acceptors (Lipinski definition) is 4. The summed E-state index contributed by atoms with van der Waals surface area (Å²) in [5.74, 6) is -0.0547. The Morgan fingerprint density at radius 2 is 1.94 bits per heavy atom. The number of rotatable bonds is 3. The summed E-state index contributed by atoms with van der Waals surface area (Å²) >= 11 is 0. The quantitative estimate of drug-likeness (QED) is 0.741. The molecular weight excluding hydrogens is 206 g/mol. The topological polar surface area (TPSA) is 55.4 Å². The first-order chi connectivity index (χ1) is 7.28. The molecule has 92 valence electrons. The molecule has 0 bridgehead atoms. The summed E-state index contributed by atoms with van der Waals surface area (Å²) < 4.78 is 5.29. The molecule has 0 radical (unpaired) electrons. The van der Waals surface area contributed by atoms with Crippen LogP contribution < -0.4 is 5.32 Å². The van der Waals surface area contributed by atoms with Crippen molar-refractivity contribution in [3.63, 3.8) is 0 Å². The fraction of sp³-hybridized carbons (Fsp3) is 0.833. The Morgan fingerprint density at radius 3 is 2.44 bits per heavy atom. The number of ether oxygens (including phenoxy) is 1. The van der Waals surface area contributed by atoms with Crippen LogP contribution in [0.3, 0.4) is 0 Å². The Morgan fingerprint density at radius 1 is 1.31 bits per heavy atom. The first kappa shape index (κ1) is 13.2. The summed E-state index contributed by atoms with van der Waals surface area (Å²) in [7, 11) is 0. The van der Waals surface area contributed by atoms with E-state index in [2.05, 4.69) is 5.32 Å². The Kier molecular flexibility index (Phi) is 4.08. The van der Waals surface area contributed by atoms with Gasteiger partial charge in [-0.3, -0.25) is 9.59 Å². The molecule has 4 nitrogen and oxygen atoms in total. The third-order valence-electron chi connectivity index (χ3n) is 2.47. The fourth-order valence-corrected chi connectivity index (χ4v) is 1.89. The smallest absolute Gasteiger partial charge is 0.323 e. The second-order valence-corrected chi connectivity index (χ2v) is 5.43. The van der Waals surface area contributed by atoms with E-state index in [0.717, 1.165) is 12.8 Å². The molecule has 16 heavy (non-hydrogen) atoms. The van der Waals surface area contributed by atoms with E-state index in [-0.39, 0.29) is 23.8 Å². The molecule has 2 atom stereocenters. The number of Topliss-reactive ketones (excluding diaryl/α,β-unsaturated/α-hetero) is 1. The molecular formula is C12H21NO3. The molecule has 1 N–H and O–H groups in total. The van der Waals surface area contributed by atoms with Crippen LogP contribution in [0.4, 0.5) is 0 Å². The van der Waals surface area contributed by atoms with Crippen molar-refractivity contribution in [1.29, 1.82) is 0 Å². The molecule has 0 saturated carbocycles. The molecule has 1 fully saturated rings. The van der Waals surface area contributed by atoms with Crippen LogP contribution in [0.15, 0.2) is 0 Å². The number of ketones is 1. The van der Waals surface area contributed by atoms with Gasteiger partial charge in [-0.25, -0.2) is 0 Å². The van der Waals surface area contributed by atoms with Gasteiger partial charge in [-0.2, -0.15) is 0 Å². The maximum atomic E-state index is 11.7. The highest BCUT2D eigenvalue weighted by Crippen LogP contribution is 2.18. The van der Waals surface area contributed by atoms with Gasteiger partial charge in [-0.15, -0.1) is 0 Å². The third kappa shape index (κ3) is 4.31. The largest absolute Gasteiger partial charge is 0.459 e. The van der Waals surface area contributed by atoms with Gasteiger partial charge in [0.15, 0.2) is 0 Å². The number of carbonyl (C=O) groups excluding carboxylic acids is 2. The summed E-state index contributed by atoms with van der Waals surface area (Å²) in [6, 6.07) is -0.112. The Bertz CT molecular complexity index is 280. The molecule has 4 heteroatoms. The van der Waals surface area contributed by atoms with Crippen molar-refractivity contribution >= 4 is 11.8 Å². The van der Waals surface area contributed by atoms with Crippen LogP contribution >= 0.6 is 0 Å². The molecule has 1 heterocycles. The lowest BCUT2D eigenvalue weighted by atomic mass is 10.1. The van der Waals surface area contributed by atoms with E-state index in [1.54, 1.807) is 6.92 Å². The zero-order chi connectivity index (χ0) is 12.3. The van der Waals surface area contributed by atoms with Crippen molar-refractivity contribution in [3.05, 3.63) is 0 Å². The summed E-state index contributed by atoms with van der Waals surface area (Å²) in [6.45, 7) is 7.13. The highest BCUT2D eigenvalue weighted by Gasteiger charge is 2.32. The minimum absolute atomic E-state index is 0.134. The average Bonchev–Trinajstić information content (AvgIpc) is 2.48. The number of carbonyl (C=O) groups is 2. The Labute approximate surface area is 96.7 Å². The van der Waals surface area contributed by atoms with Gasteiger partial charge < -0.3 is 10.1 Å². The van der Waals surface area contributed by atoms with E-state index in [9.17, 15) is 9.59 Å². The van der Waals surface area contributed by atoms with Gasteiger partial charge in [-0.05, 0) is 40.5 Å². The van der Waals surface area contributed by atoms with Crippen LogP contribution in [0.25, 0.3) is 0 Å². The first-order valence-corrected chi connectivity index (χ1v) is 5.76. The molecule has 0 aliphatic carbocycles. The van der Waals surface area contributed by atoms with Gasteiger partial charge in [0.2, 0.25) is 0 Å². The third-order valence-corrected chi connectivity index (χ3v) is 2.47. The van der Waals surface area contributed by atoms with Crippen molar-refractivity contribution in [1.82, 2.24) is 5.32 Å². The second kappa shape index (κ2) is 4.95. The highest BCUT2D eigenvalue weighted by molar-refractivity contribution is 5.78. The molecule has 0 amide bonds. The minimum Gasteiger partial charge on any atom is -0.459 e. The van der Waals surface area contributed by atoms with E-state index in [1.165, 1.54) is 0 Å². The molecule has 0 aromatic carbocycles. The molecule has 1 rings (SSSR count). The predicted molar refractivity (Wildman–Crippen MR) is 61.1 cm³/mol. The fourth-order valence-electron chi connectivity index (χ4n) is 1.89. The summed E-state index contributed by atoms with van der Waals surface area (Å²) in [4.78, 5) is 22.7. The van der Waals surface area contributed by atoms with Crippen LogP contribution in [0.1, 0.15) is 47.0 Å². The zero-order valence-corrected chi connectivity index (χ0v) is 10.5. The van der Waals surface area contributed by atoms with Crippen molar-refractivity contribution in [2.75, 3.05) is 0 Å². The molecule has 1 aliphatic heterocycles. The second-order valence-electron chi connectivity index (χ2n) is 5.43. The zero-order valence-electron chi connectivity index (χ0n) is 10.5. The molecule has 1 aliphatic rings. The van der Waals surface area contributed by atoms with E-state index in [1.807, 2.05) is 20.8 Å². The van der Waals surface area contributed by atoms with Gasteiger partial charge in [0.05, 0.1) is 0 Å². The maximum Gasteiger partial charge on any atom is 0.323 e. The van der Waals surface area contributed by atoms with E-state index in [0.29, 0.717) is 6.42 Å². The van der Waals surface area contributed by atoms with Crippen molar-refractivity contribution < 1.29 is 14.3 Å². The normalized spacial score (nSPS) is 25.5. The van der Waals surface area contributed by atoms with Crippen LogP contribution in [-0.2, 0) is 14.3 Å². The van der Waals surface area contributed by atoms with Crippen LogP contribution in [0.5, 0.6) is 0 Å². The Hall–Kier alpha value is -0.900. The van der Waals surface area contributed by atoms with Gasteiger partial charge in [0.25, 0.3) is 0 Å². The lowest BCUT2D eigenvalue weighted by Crippen LogP contribution is -2.40. The number of hydrogen-bond donors (Lipinski definition) is 1. The predicted octanol–water partition coefficient (Wildman–Crippen LogP) is 1.43. The summed E-state index contributed by atoms with van der Waals surface area (Å²) in [5, 5.41) is 3.15. The van der Waals surface area contributed by atoms with Crippen LogP contribution in [-0.4, -0.2) is 29.4 Å². The van der Waals surface area contributed by atoms with Gasteiger partial charge in [-0.1, -0.05) is 0 Å². The average molecular weight is 227 g/mol.